The summed E-state index contributed by atoms with van der Waals surface area (Å²) in [4.78, 5) is 1.18. The number of aromatic nitrogens is 2. The lowest BCUT2D eigenvalue weighted by Gasteiger charge is -2.09. The largest absolute Gasteiger partial charge is 0.281 e. The molecule has 2 heterocycles. The van der Waals surface area contributed by atoms with Gasteiger partial charge in [0.2, 0.25) is 10.0 Å². The molecule has 0 radical (unpaired) electrons. The van der Waals surface area contributed by atoms with Gasteiger partial charge in [0, 0.05) is 4.90 Å². The third kappa shape index (κ3) is 2.65. The van der Waals surface area contributed by atoms with Crippen molar-refractivity contribution in [2.75, 3.05) is 11.0 Å². The zero-order chi connectivity index (χ0) is 16.9. The summed E-state index contributed by atoms with van der Waals surface area (Å²) < 4.78 is 39.9. The lowest BCUT2D eigenvalue weighted by atomic mass is 10.1. The van der Waals surface area contributed by atoms with Crippen LogP contribution in [-0.2, 0) is 16.4 Å². The molecule has 0 spiro atoms. The first-order valence-corrected chi connectivity index (χ1v) is 10.1. The minimum Gasteiger partial charge on any atom is -0.281 e. The fourth-order valence-electron chi connectivity index (χ4n) is 2.95. The van der Waals surface area contributed by atoms with Gasteiger partial charge in [-0.25, -0.2) is 12.8 Å². The Kier molecular flexibility index (Phi) is 3.54. The maximum Gasteiger partial charge on any atom is 0.229 e. The first-order chi connectivity index (χ1) is 11.4. The standard InChI is InChI=1S/C16H14FN3O2S2/c1-24(21,22)20-11-7-6-10-14(15(11)17)16(19-18-10)13-8-9-4-2-3-5-12(9)23-13/h2-7,13,20H,8H2,1H3,(H,18,19). The molecule has 124 valence electrons. The van der Waals surface area contributed by atoms with Crippen molar-refractivity contribution in [3.63, 3.8) is 0 Å². The van der Waals surface area contributed by atoms with Crippen LogP contribution < -0.4 is 4.72 Å². The Balaban J connectivity index is 1.79. The molecule has 1 unspecified atom stereocenters. The van der Waals surface area contributed by atoms with Gasteiger partial charge in [0.1, 0.15) is 0 Å². The Labute approximate surface area is 142 Å². The van der Waals surface area contributed by atoms with Crippen molar-refractivity contribution in [2.45, 2.75) is 16.6 Å². The number of aromatic amines is 1. The Morgan fingerprint density at radius 2 is 2.08 bits per heavy atom. The molecule has 1 aliphatic rings. The van der Waals surface area contributed by atoms with Crippen LogP contribution in [0.15, 0.2) is 41.3 Å². The smallest absolute Gasteiger partial charge is 0.229 e. The first-order valence-electron chi connectivity index (χ1n) is 7.31. The number of H-pyrrole nitrogens is 1. The van der Waals surface area contributed by atoms with E-state index in [0.717, 1.165) is 12.7 Å². The van der Waals surface area contributed by atoms with Crippen LogP contribution in [0.5, 0.6) is 0 Å². The number of hydrogen-bond donors (Lipinski definition) is 2. The van der Waals surface area contributed by atoms with Crippen molar-refractivity contribution in [1.82, 2.24) is 10.2 Å². The van der Waals surface area contributed by atoms with Crippen LogP contribution >= 0.6 is 11.8 Å². The number of nitrogens with zero attached hydrogens (tertiary/aromatic N) is 1. The highest BCUT2D eigenvalue weighted by atomic mass is 32.2. The molecule has 2 aromatic carbocycles. The van der Waals surface area contributed by atoms with Crippen molar-refractivity contribution < 1.29 is 12.8 Å². The predicted octanol–water partition coefficient (Wildman–Crippen LogP) is 3.46. The van der Waals surface area contributed by atoms with Gasteiger partial charge < -0.3 is 0 Å². The molecular weight excluding hydrogens is 349 g/mol. The van der Waals surface area contributed by atoms with E-state index in [0.29, 0.717) is 16.6 Å². The fraction of sp³-hybridized carbons (Fsp3) is 0.188. The van der Waals surface area contributed by atoms with Gasteiger partial charge in [0.25, 0.3) is 0 Å². The Morgan fingerprint density at radius 1 is 1.29 bits per heavy atom. The van der Waals surface area contributed by atoms with E-state index in [2.05, 4.69) is 21.0 Å². The topological polar surface area (TPSA) is 74.8 Å². The molecule has 1 atom stereocenters. The van der Waals surface area contributed by atoms with E-state index in [1.165, 1.54) is 16.5 Å². The average Bonchev–Trinajstić information content (AvgIpc) is 3.12. The van der Waals surface area contributed by atoms with Gasteiger partial charge in [-0.05, 0) is 30.2 Å². The monoisotopic (exact) mass is 363 g/mol. The van der Waals surface area contributed by atoms with E-state index >= 15 is 0 Å². The average molecular weight is 363 g/mol. The van der Waals surface area contributed by atoms with Gasteiger partial charge in [-0.3, -0.25) is 9.82 Å². The fourth-order valence-corrected chi connectivity index (χ4v) is 4.82. The number of sulfonamides is 1. The number of thioether (sulfide) groups is 1. The minimum absolute atomic E-state index is 0.0235. The maximum absolute atomic E-state index is 14.9. The summed E-state index contributed by atoms with van der Waals surface area (Å²) in [5.74, 6) is -0.599. The highest BCUT2D eigenvalue weighted by molar-refractivity contribution is 7.99. The molecule has 0 amide bonds. The van der Waals surface area contributed by atoms with Gasteiger partial charge >= 0.3 is 0 Å². The Hall–Kier alpha value is -2.06. The van der Waals surface area contributed by atoms with E-state index in [9.17, 15) is 12.8 Å². The van der Waals surface area contributed by atoms with Crippen LogP contribution in [0, 0.1) is 5.82 Å². The first kappa shape index (κ1) is 15.5. The van der Waals surface area contributed by atoms with Crippen LogP contribution in [0.4, 0.5) is 10.1 Å². The second kappa shape index (κ2) is 5.49. The van der Waals surface area contributed by atoms with E-state index in [1.54, 1.807) is 17.8 Å². The second-order valence-corrected chi connectivity index (χ2v) is 8.74. The molecule has 1 aliphatic heterocycles. The Morgan fingerprint density at radius 3 is 2.83 bits per heavy atom. The number of fused-ring (bicyclic) bond motifs is 2. The number of halogens is 1. The van der Waals surface area contributed by atoms with E-state index in [-0.39, 0.29) is 10.9 Å². The lowest BCUT2D eigenvalue weighted by molar-refractivity contribution is 0.604. The minimum atomic E-state index is -3.55. The molecule has 0 saturated carbocycles. The highest BCUT2D eigenvalue weighted by Gasteiger charge is 2.28. The second-order valence-electron chi connectivity index (χ2n) is 5.75. The van der Waals surface area contributed by atoms with Gasteiger partial charge in [-0.1, -0.05) is 18.2 Å². The van der Waals surface area contributed by atoms with Crippen molar-refractivity contribution in [3.05, 3.63) is 53.5 Å². The third-order valence-corrected chi connectivity index (χ3v) is 5.88. The summed E-state index contributed by atoms with van der Waals surface area (Å²) in [5, 5.41) is 7.47. The quantitative estimate of drug-likeness (QED) is 0.747. The molecule has 4 rings (SSSR count). The van der Waals surface area contributed by atoms with Crippen molar-refractivity contribution >= 4 is 38.4 Å². The summed E-state index contributed by atoms with van der Waals surface area (Å²) in [6.07, 6.45) is 1.78. The van der Waals surface area contributed by atoms with Crippen LogP contribution in [0.25, 0.3) is 10.9 Å². The van der Waals surface area contributed by atoms with Gasteiger partial charge in [0.05, 0.1) is 33.8 Å². The molecule has 5 nitrogen and oxygen atoms in total. The van der Waals surface area contributed by atoms with Crippen LogP contribution in [0.3, 0.4) is 0 Å². The lowest BCUT2D eigenvalue weighted by Crippen LogP contribution is -2.11. The Bertz CT molecular complexity index is 1020. The van der Waals surface area contributed by atoms with Crippen molar-refractivity contribution in [1.29, 1.82) is 0 Å². The summed E-state index contributed by atoms with van der Waals surface area (Å²) in [5.41, 5.74) is 2.33. The van der Waals surface area contributed by atoms with Crippen molar-refractivity contribution in [2.24, 2.45) is 0 Å². The molecule has 0 fully saturated rings. The molecule has 2 N–H and O–H groups in total. The van der Waals surface area contributed by atoms with E-state index in [1.807, 2.05) is 18.2 Å². The molecule has 3 aromatic rings. The molecule has 0 bridgehead atoms. The van der Waals surface area contributed by atoms with Gasteiger partial charge in [-0.15, -0.1) is 11.8 Å². The highest BCUT2D eigenvalue weighted by Crippen LogP contribution is 2.47. The SMILES string of the molecule is CS(=O)(=O)Nc1ccc2n[nH]c(C3Cc4ccccc4S3)c2c1F. The van der Waals surface area contributed by atoms with E-state index in [4.69, 9.17) is 0 Å². The maximum atomic E-state index is 14.9. The van der Waals surface area contributed by atoms with Gasteiger partial charge in [-0.2, -0.15) is 5.10 Å². The van der Waals surface area contributed by atoms with Crippen LogP contribution in [0.1, 0.15) is 16.5 Å². The zero-order valence-corrected chi connectivity index (χ0v) is 14.3. The number of anilines is 1. The van der Waals surface area contributed by atoms with Crippen molar-refractivity contribution in [3.8, 4) is 0 Å². The van der Waals surface area contributed by atoms with E-state index < -0.39 is 15.8 Å². The summed E-state index contributed by atoms with van der Waals surface area (Å²) in [6.45, 7) is 0. The summed E-state index contributed by atoms with van der Waals surface area (Å²) in [7, 11) is -3.55. The molecule has 24 heavy (non-hydrogen) atoms. The van der Waals surface area contributed by atoms with Crippen LogP contribution in [0.2, 0.25) is 0 Å². The number of rotatable bonds is 3. The molecular formula is C16H14FN3O2S2. The number of benzene rings is 2. The van der Waals surface area contributed by atoms with Crippen LogP contribution in [-0.4, -0.2) is 24.9 Å². The third-order valence-electron chi connectivity index (χ3n) is 3.95. The van der Waals surface area contributed by atoms with Gasteiger partial charge in [0.15, 0.2) is 5.82 Å². The molecule has 8 heteroatoms. The molecule has 1 aromatic heterocycles. The number of hydrogen-bond acceptors (Lipinski definition) is 4. The molecule has 0 aliphatic carbocycles. The summed E-state index contributed by atoms with van der Waals surface area (Å²) >= 11 is 1.66. The predicted molar refractivity (Wildman–Crippen MR) is 93.3 cm³/mol. The number of nitrogens with one attached hydrogen (secondary N) is 2. The summed E-state index contributed by atoms with van der Waals surface area (Å²) in [6, 6.07) is 11.1. The molecule has 0 saturated heterocycles. The normalized spacial score (nSPS) is 17.2. The zero-order valence-electron chi connectivity index (χ0n) is 12.7.